The average molecular weight is 275 g/mol. The maximum absolute atomic E-state index is 10.6. The minimum Gasteiger partial charge on any atom is -0.481 e. The van der Waals surface area contributed by atoms with E-state index in [1.807, 2.05) is 24.1 Å². The van der Waals surface area contributed by atoms with Crippen LogP contribution in [0, 0.1) is 5.92 Å². The van der Waals surface area contributed by atoms with Gasteiger partial charge in [0.2, 0.25) is 0 Å². The summed E-state index contributed by atoms with van der Waals surface area (Å²) in [7, 11) is 1.83. The summed E-state index contributed by atoms with van der Waals surface area (Å²) in [4.78, 5) is 12.4. The van der Waals surface area contributed by atoms with Gasteiger partial charge in [0.05, 0.1) is 6.42 Å². The number of carboxylic acid groups (broad SMARTS) is 1. The molecular weight excluding hydrogens is 258 g/mol. The van der Waals surface area contributed by atoms with Crippen LogP contribution in [0.25, 0.3) is 5.65 Å². The zero-order valence-electron chi connectivity index (χ0n) is 11.5. The topological polar surface area (TPSA) is 83.6 Å². The number of carboxylic acids is 1. The number of aromatic nitrogens is 4. The summed E-state index contributed by atoms with van der Waals surface area (Å²) in [5.74, 6) is 1.90. The van der Waals surface area contributed by atoms with Crippen LogP contribution in [0.5, 0.6) is 0 Å². The first-order valence-corrected chi connectivity index (χ1v) is 6.71. The van der Waals surface area contributed by atoms with E-state index in [9.17, 15) is 4.79 Å². The van der Waals surface area contributed by atoms with Crippen molar-refractivity contribution in [2.75, 3.05) is 18.5 Å². The molecule has 2 aromatic heterocycles. The Hall–Kier alpha value is -2.18. The van der Waals surface area contributed by atoms with Crippen LogP contribution in [0.2, 0.25) is 0 Å². The number of aliphatic carboxylic acids is 1. The maximum atomic E-state index is 10.6. The molecule has 7 heteroatoms. The van der Waals surface area contributed by atoms with Gasteiger partial charge in [0.1, 0.15) is 5.82 Å². The zero-order valence-corrected chi connectivity index (χ0v) is 11.5. The van der Waals surface area contributed by atoms with Crippen molar-refractivity contribution in [1.82, 2.24) is 19.8 Å². The van der Waals surface area contributed by atoms with Crippen LogP contribution >= 0.6 is 0 Å². The molecule has 0 spiro atoms. The van der Waals surface area contributed by atoms with Gasteiger partial charge in [-0.3, -0.25) is 4.79 Å². The Bertz CT molecular complexity index is 653. The highest BCUT2D eigenvalue weighted by atomic mass is 16.4. The minimum atomic E-state index is -0.810. The number of nitrogens with zero attached hydrogens (tertiary/aromatic N) is 5. The van der Waals surface area contributed by atoms with Crippen molar-refractivity contribution in [2.24, 2.45) is 5.92 Å². The second-order valence-corrected chi connectivity index (χ2v) is 5.40. The van der Waals surface area contributed by atoms with Crippen molar-refractivity contribution in [3.8, 4) is 0 Å². The van der Waals surface area contributed by atoms with E-state index in [0.717, 1.165) is 23.7 Å². The molecule has 7 nitrogen and oxygen atoms in total. The monoisotopic (exact) mass is 275 g/mol. The molecule has 2 heterocycles. The van der Waals surface area contributed by atoms with Gasteiger partial charge in [-0.25, -0.2) is 0 Å². The molecule has 0 radical (unpaired) electrons. The van der Waals surface area contributed by atoms with Gasteiger partial charge in [0.15, 0.2) is 11.5 Å². The Balaban J connectivity index is 1.87. The zero-order chi connectivity index (χ0) is 14.3. The number of carbonyl (C=O) groups is 1. The Labute approximate surface area is 116 Å². The highest BCUT2D eigenvalue weighted by molar-refractivity contribution is 5.67. The molecule has 1 N–H and O–H groups in total. The number of fused-ring (bicyclic) bond motifs is 1. The summed E-state index contributed by atoms with van der Waals surface area (Å²) in [6, 6.07) is 3.70. The van der Waals surface area contributed by atoms with E-state index in [1.165, 1.54) is 0 Å². The van der Waals surface area contributed by atoms with Gasteiger partial charge in [-0.15, -0.1) is 15.3 Å². The van der Waals surface area contributed by atoms with E-state index >= 15 is 0 Å². The predicted molar refractivity (Wildman–Crippen MR) is 72.8 cm³/mol. The van der Waals surface area contributed by atoms with Crippen molar-refractivity contribution >= 4 is 17.4 Å². The molecule has 1 fully saturated rings. The van der Waals surface area contributed by atoms with Crippen LogP contribution in [-0.4, -0.2) is 44.5 Å². The minimum absolute atomic E-state index is 0.0882. The van der Waals surface area contributed by atoms with Crippen molar-refractivity contribution in [1.29, 1.82) is 0 Å². The first kappa shape index (κ1) is 12.8. The summed E-state index contributed by atoms with van der Waals surface area (Å²) in [6.07, 6.45) is 1.21. The third kappa shape index (κ3) is 2.31. The Morgan fingerprint density at radius 2 is 2.25 bits per heavy atom. The second-order valence-electron chi connectivity index (χ2n) is 5.40. The lowest BCUT2D eigenvalue weighted by Gasteiger charge is -2.16. The standard InChI is InChI=1S/C13H17N5O2/c1-8-7-9(8)13-15-14-10-3-4-11(16-18(10)13)17(2)6-5-12(19)20/h3-4,8-9H,5-7H2,1-2H3,(H,19,20). The molecule has 0 bridgehead atoms. The molecule has 1 aliphatic rings. The molecule has 0 saturated heterocycles. The quantitative estimate of drug-likeness (QED) is 0.881. The van der Waals surface area contributed by atoms with Crippen molar-refractivity contribution in [3.05, 3.63) is 18.0 Å². The predicted octanol–water partition coefficient (Wildman–Crippen LogP) is 1.16. The lowest BCUT2D eigenvalue weighted by molar-refractivity contribution is -0.136. The third-order valence-electron chi connectivity index (χ3n) is 3.77. The van der Waals surface area contributed by atoms with E-state index in [4.69, 9.17) is 5.11 Å². The summed E-state index contributed by atoms with van der Waals surface area (Å²) in [5.41, 5.74) is 0.731. The Morgan fingerprint density at radius 1 is 1.50 bits per heavy atom. The van der Waals surface area contributed by atoms with Crippen LogP contribution < -0.4 is 4.90 Å². The molecule has 1 aliphatic carbocycles. The molecule has 0 amide bonds. The first-order valence-electron chi connectivity index (χ1n) is 6.71. The molecule has 2 aromatic rings. The van der Waals surface area contributed by atoms with Gasteiger partial charge < -0.3 is 10.0 Å². The molecular formula is C13H17N5O2. The average Bonchev–Trinajstić information content (AvgIpc) is 3.00. The molecule has 0 aromatic carbocycles. The van der Waals surface area contributed by atoms with E-state index in [0.29, 0.717) is 18.4 Å². The van der Waals surface area contributed by atoms with Gasteiger partial charge in [-0.2, -0.15) is 4.52 Å². The first-order chi connectivity index (χ1) is 9.56. The molecule has 1 saturated carbocycles. The normalized spacial score (nSPS) is 21.1. The van der Waals surface area contributed by atoms with Crippen molar-refractivity contribution < 1.29 is 9.90 Å². The van der Waals surface area contributed by atoms with Gasteiger partial charge in [0, 0.05) is 19.5 Å². The fourth-order valence-corrected chi connectivity index (χ4v) is 2.29. The van der Waals surface area contributed by atoms with E-state index in [2.05, 4.69) is 22.2 Å². The maximum Gasteiger partial charge on any atom is 0.305 e. The molecule has 2 unspecified atom stereocenters. The number of anilines is 1. The molecule has 20 heavy (non-hydrogen) atoms. The SMILES string of the molecule is CC1CC1c1nnc2ccc(N(C)CCC(=O)O)nn12. The number of hydrogen-bond donors (Lipinski definition) is 1. The lowest BCUT2D eigenvalue weighted by Crippen LogP contribution is -2.22. The smallest absolute Gasteiger partial charge is 0.305 e. The van der Waals surface area contributed by atoms with Crippen molar-refractivity contribution in [3.63, 3.8) is 0 Å². The van der Waals surface area contributed by atoms with E-state index in [-0.39, 0.29) is 6.42 Å². The largest absolute Gasteiger partial charge is 0.481 e. The van der Waals surface area contributed by atoms with Crippen LogP contribution in [-0.2, 0) is 4.79 Å². The van der Waals surface area contributed by atoms with Gasteiger partial charge in [0.25, 0.3) is 0 Å². The van der Waals surface area contributed by atoms with Gasteiger partial charge >= 0.3 is 5.97 Å². The fraction of sp³-hybridized carbons (Fsp3) is 0.538. The summed E-state index contributed by atoms with van der Waals surface area (Å²) in [6.45, 7) is 2.61. The number of rotatable bonds is 5. The Kier molecular flexibility index (Phi) is 3.04. The summed E-state index contributed by atoms with van der Waals surface area (Å²) in [5, 5.41) is 21.6. The van der Waals surface area contributed by atoms with E-state index < -0.39 is 5.97 Å². The van der Waals surface area contributed by atoms with E-state index in [1.54, 1.807) is 4.52 Å². The van der Waals surface area contributed by atoms with Crippen LogP contribution in [0.15, 0.2) is 12.1 Å². The third-order valence-corrected chi connectivity index (χ3v) is 3.77. The fourth-order valence-electron chi connectivity index (χ4n) is 2.29. The lowest BCUT2D eigenvalue weighted by atomic mass is 10.3. The summed E-state index contributed by atoms with van der Waals surface area (Å²) < 4.78 is 1.78. The van der Waals surface area contributed by atoms with Gasteiger partial charge in [-0.1, -0.05) is 6.92 Å². The summed E-state index contributed by atoms with van der Waals surface area (Å²) >= 11 is 0. The number of hydrogen-bond acceptors (Lipinski definition) is 5. The molecule has 106 valence electrons. The Morgan fingerprint density at radius 3 is 2.90 bits per heavy atom. The van der Waals surface area contributed by atoms with Crippen molar-refractivity contribution in [2.45, 2.75) is 25.7 Å². The molecule has 2 atom stereocenters. The highest BCUT2D eigenvalue weighted by Gasteiger charge is 2.38. The van der Waals surface area contributed by atoms with Crippen LogP contribution in [0.3, 0.4) is 0 Å². The molecule has 0 aliphatic heterocycles. The highest BCUT2D eigenvalue weighted by Crippen LogP contribution is 2.45. The molecule has 3 rings (SSSR count). The van der Waals surface area contributed by atoms with Gasteiger partial charge in [-0.05, 0) is 24.5 Å². The second kappa shape index (κ2) is 4.73. The van der Waals surface area contributed by atoms with Crippen LogP contribution in [0.4, 0.5) is 5.82 Å². The van der Waals surface area contributed by atoms with Crippen LogP contribution in [0.1, 0.15) is 31.5 Å².